The minimum absolute atomic E-state index is 0.549. The van der Waals surface area contributed by atoms with Crippen molar-refractivity contribution >= 4 is 11.1 Å². The first-order chi connectivity index (χ1) is 5.88. The van der Waals surface area contributed by atoms with E-state index in [2.05, 4.69) is 15.1 Å². The van der Waals surface area contributed by atoms with Gasteiger partial charge in [0.25, 0.3) is 5.71 Å². The predicted molar refractivity (Wildman–Crippen MR) is 45.7 cm³/mol. The van der Waals surface area contributed by atoms with Gasteiger partial charge in [0.15, 0.2) is 0 Å². The van der Waals surface area contributed by atoms with Crippen LogP contribution in [0.1, 0.15) is 19.5 Å². The first kappa shape index (κ1) is 8.64. The highest BCUT2D eigenvalue weighted by molar-refractivity contribution is 5.73. The summed E-state index contributed by atoms with van der Waals surface area (Å²) in [5.41, 5.74) is 1.38. The summed E-state index contributed by atoms with van der Waals surface area (Å²) in [6.45, 7) is 5.86. The van der Waals surface area contributed by atoms with Gasteiger partial charge >= 0.3 is 0 Å². The van der Waals surface area contributed by atoms with Gasteiger partial charge < -0.3 is 4.52 Å². The third-order valence-corrected chi connectivity index (χ3v) is 1.33. The lowest BCUT2D eigenvalue weighted by Crippen LogP contribution is -1.75. The fourth-order valence-electron chi connectivity index (χ4n) is 0.800. The molecular formula is C8H11N3O. The zero-order valence-corrected chi connectivity index (χ0v) is 7.40. The van der Waals surface area contributed by atoms with Crippen molar-refractivity contribution in [2.24, 2.45) is 0 Å². The van der Waals surface area contributed by atoms with Crippen LogP contribution in [0.5, 0.6) is 0 Å². The third-order valence-electron chi connectivity index (χ3n) is 1.33. The van der Waals surface area contributed by atoms with E-state index in [-0.39, 0.29) is 0 Å². The van der Waals surface area contributed by atoms with E-state index in [9.17, 15) is 0 Å². The number of aryl methyl sites for hydroxylation is 1. The lowest BCUT2D eigenvalue weighted by molar-refractivity contribution is 0.442. The molecule has 2 rings (SSSR count). The van der Waals surface area contributed by atoms with E-state index in [0.717, 1.165) is 11.1 Å². The fourth-order valence-corrected chi connectivity index (χ4v) is 0.800. The average molecular weight is 165 g/mol. The lowest BCUT2D eigenvalue weighted by atomic mass is 10.3. The van der Waals surface area contributed by atoms with Crippen LogP contribution >= 0.6 is 0 Å². The molecule has 0 saturated carbocycles. The maximum Gasteiger partial charge on any atom is 0.260 e. The van der Waals surface area contributed by atoms with Crippen molar-refractivity contribution < 1.29 is 4.52 Å². The molecule has 0 aliphatic heterocycles. The molecule has 0 aromatic carbocycles. The molecule has 4 nitrogen and oxygen atoms in total. The van der Waals surface area contributed by atoms with Gasteiger partial charge in [-0.15, -0.1) is 0 Å². The van der Waals surface area contributed by atoms with Crippen LogP contribution in [0.2, 0.25) is 0 Å². The smallest absolute Gasteiger partial charge is 0.260 e. The second kappa shape index (κ2) is 3.80. The number of hydrogen-bond donors (Lipinski definition) is 0. The van der Waals surface area contributed by atoms with Crippen LogP contribution in [0.25, 0.3) is 11.1 Å². The number of nitrogens with zero attached hydrogens (tertiary/aromatic N) is 3. The van der Waals surface area contributed by atoms with Crippen LogP contribution in [0.3, 0.4) is 0 Å². The Hall–Kier alpha value is -1.45. The number of rotatable bonds is 0. The maximum absolute atomic E-state index is 4.85. The minimum Gasteiger partial charge on any atom is -0.335 e. The molecule has 0 fully saturated rings. The highest BCUT2D eigenvalue weighted by Gasteiger charge is 2.01. The molecule has 0 aliphatic rings. The Labute approximate surface area is 70.6 Å². The molecule has 0 aliphatic carbocycles. The fraction of sp³-hybridized carbons (Fsp3) is 0.375. The summed E-state index contributed by atoms with van der Waals surface area (Å²) in [4.78, 5) is 7.70. The SMILES string of the molecule is CC.Cc1noc2ncncc12. The molecule has 64 valence electrons. The van der Waals surface area contributed by atoms with Gasteiger partial charge in [-0.3, -0.25) is 0 Å². The molecular weight excluding hydrogens is 154 g/mol. The Morgan fingerprint density at radius 2 is 2.08 bits per heavy atom. The molecule has 2 heterocycles. The van der Waals surface area contributed by atoms with Crippen LogP contribution in [-0.4, -0.2) is 15.1 Å². The van der Waals surface area contributed by atoms with Crippen molar-refractivity contribution in [3.05, 3.63) is 18.2 Å². The van der Waals surface area contributed by atoms with Crippen LogP contribution < -0.4 is 0 Å². The Kier molecular flexibility index (Phi) is 2.74. The number of aromatic nitrogens is 3. The normalized spacial score (nSPS) is 9.25. The third kappa shape index (κ3) is 1.42. The largest absolute Gasteiger partial charge is 0.335 e. The van der Waals surface area contributed by atoms with Crippen molar-refractivity contribution in [1.29, 1.82) is 0 Å². The summed E-state index contributed by atoms with van der Waals surface area (Å²) >= 11 is 0. The maximum atomic E-state index is 4.85. The molecule has 0 bridgehead atoms. The summed E-state index contributed by atoms with van der Waals surface area (Å²) in [5, 5.41) is 4.60. The molecule has 0 amide bonds. The van der Waals surface area contributed by atoms with Gasteiger partial charge in [0, 0.05) is 6.20 Å². The highest BCUT2D eigenvalue weighted by Crippen LogP contribution is 2.11. The van der Waals surface area contributed by atoms with Crippen molar-refractivity contribution in [2.75, 3.05) is 0 Å². The standard InChI is InChI=1S/C6H5N3O.C2H6/c1-4-5-2-7-3-8-6(5)10-9-4;1-2/h2-3H,1H3;1-2H3. The summed E-state index contributed by atoms with van der Waals surface area (Å²) < 4.78 is 4.85. The topological polar surface area (TPSA) is 51.8 Å². The van der Waals surface area contributed by atoms with Gasteiger partial charge in [0.1, 0.15) is 6.33 Å². The van der Waals surface area contributed by atoms with Crippen molar-refractivity contribution in [2.45, 2.75) is 20.8 Å². The molecule has 0 N–H and O–H groups in total. The van der Waals surface area contributed by atoms with Gasteiger partial charge in [0.05, 0.1) is 11.1 Å². The van der Waals surface area contributed by atoms with Gasteiger partial charge in [-0.2, -0.15) is 4.98 Å². The Morgan fingerprint density at radius 3 is 2.75 bits per heavy atom. The Morgan fingerprint density at radius 1 is 1.33 bits per heavy atom. The quantitative estimate of drug-likeness (QED) is 0.598. The van der Waals surface area contributed by atoms with Crippen LogP contribution in [-0.2, 0) is 0 Å². The van der Waals surface area contributed by atoms with Crippen molar-refractivity contribution in [3.63, 3.8) is 0 Å². The van der Waals surface area contributed by atoms with E-state index in [1.54, 1.807) is 6.20 Å². The predicted octanol–water partition coefficient (Wildman–Crippen LogP) is 1.95. The first-order valence-electron chi connectivity index (χ1n) is 3.90. The minimum atomic E-state index is 0.549. The van der Waals surface area contributed by atoms with Crippen LogP contribution in [0.4, 0.5) is 0 Å². The van der Waals surface area contributed by atoms with E-state index in [0.29, 0.717) is 5.71 Å². The highest BCUT2D eigenvalue weighted by atomic mass is 16.5. The first-order valence-corrected chi connectivity index (χ1v) is 3.90. The van der Waals surface area contributed by atoms with E-state index >= 15 is 0 Å². The summed E-state index contributed by atoms with van der Waals surface area (Å²) in [6.07, 6.45) is 3.13. The molecule has 0 saturated heterocycles. The zero-order chi connectivity index (χ0) is 8.97. The van der Waals surface area contributed by atoms with E-state index in [1.165, 1.54) is 6.33 Å². The van der Waals surface area contributed by atoms with Gasteiger partial charge in [-0.1, -0.05) is 19.0 Å². The average Bonchev–Trinajstić information content (AvgIpc) is 2.53. The van der Waals surface area contributed by atoms with Gasteiger partial charge in [0.2, 0.25) is 0 Å². The van der Waals surface area contributed by atoms with Crippen molar-refractivity contribution in [1.82, 2.24) is 15.1 Å². The molecule has 12 heavy (non-hydrogen) atoms. The molecule has 0 unspecified atom stereocenters. The molecule has 0 atom stereocenters. The summed E-state index contributed by atoms with van der Waals surface area (Å²) in [5.74, 6) is 0. The summed E-state index contributed by atoms with van der Waals surface area (Å²) in [7, 11) is 0. The molecule has 2 aromatic rings. The Bertz CT molecular complexity index is 356. The van der Waals surface area contributed by atoms with Crippen molar-refractivity contribution in [3.8, 4) is 0 Å². The number of fused-ring (bicyclic) bond motifs is 1. The molecule has 4 heteroatoms. The van der Waals surface area contributed by atoms with E-state index in [4.69, 9.17) is 4.52 Å². The zero-order valence-electron chi connectivity index (χ0n) is 7.40. The van der Waals surface area contributed by atoms with Gasteiger partial charge in [-0.05, 0) is 6.92 Å². The monoisotopic (exact) mass is 165 g/mol. The molecule has 0 radical (unpaired) electrons. The van der Waals surface area contributed by atoms with Crippen LogP contribution in [0, 0.1) is 6.92 Å². The Balaban J connectivity index is 0.000000336. The number of hydrogen-bond acceptors (Lipinski definition) is 4. The second-order valence-corrected chi connectivity index (χ2v) is 2.01. The van der Waals surface area contributed by atoms with E-state index < -0.39 is 0 Å². The second-order valence-electron chi connectivity index (χ2n) is 2.01. The molecule has 2 aromatic heterocycles. The van der Waals surface area contributed by atoms with Crippen LogP contribution in [0.15, 0.2) is 17.0 Å². The van der Waals surface area contributed by atoms with E-state index in [1.807, 2.05) is 20.8 Å². The molecule has 0 spiro atoms. The van der Waals surface area contributed by atoms with Gasteiger partial charge in [-0.25, -0.2) is 4.98 Å². The summed E-state index contributed by atoms with van der Waals surface area (Å²) in [6, 6.07) is 0. The lowest BCUT2D eigenvalue weighted by Gasteiger charge is -1.80.